The lowest BCUT2D eigenvalue weighted by Crippen LogP contribution is -2.45. The zero-order chi connectivity index (χ0) is 19.9. The number of nitrogens with one attached hydrogen (secondary N) is 2. The monoisotopic (exact) mass is 390 g/mol. The first-order chi connectivity index (χ1) is 13.5. The predicted molar refractivity (Wildman–Crippen MR) is 106 cm³/mol. The molecule has 4 nitrogen and oxygen atoms in total. The van der Waals surface area contributed by atoms with E-state index < -0.39 is 6.61 Å². The Balaban J connectivity index is 1.75. The van der Waals surface area contributed by atoms with Crippen LogP contribution >= 0.6 is 0 Å². The van der Waals surface area contributed by atoms with Crippen LogP contribution in [-0.4, -0.2) is 25.3 Å². The van der Waals surface area contributed by atoms with Gasteiger partial charge in [0, 0.05) is 24.2 Å². The molecule has 2 atom stereocenters. The fraction of sp³-hybridized carbons (Fsp3) is 0.455. The van der Waals surface area contributed by atoms with Gasteiger partial charge >= 0.3 is 6.61 Å². The molecular formula is C22H28F2N2O2. The molecule has 0 aliphatic carbocycles. The van der Waals surface area contributed by atoms with Crippen molar-refractivity contribution in [1.82, 2.24) is 10.6 Å². The second-order valence-corrected chi connectivity index (χ2v) is 7.29. The van der Waals surface area contributed by atoms with Gasteiger partial charge in [0.1, 0.15) is 11.5 Å². The van der Waals surface area contributed by atoms with Gasteiger partial charge in [-0.1, -0.05) is 30.3 Å². The molecule has 0 radical (unpaired) electrons. The SMILES string of the molecule is CC(C)Oc1ccc(OC(F)F)cc1CN[C@H]1CCCN[C@H]1c1ccccc1. The van der Waals surface area contributed by atoms with Crippen molar-refractivity contribution in [2.45, 2.75) is 58.0 Å². The Labute approximate surface area is 165 Å². The van der Waals surface area contributed by atoms with Gasteiger partial charge in [0.05, 0.1) is 6.10 Å². The summed E-state index contributed by atoms with van der Waals surface area (Å²) in [6.07, 6.45) is 2.12. The summed E-state index contributed by atoms with van der Waals surface area (Å²) in [5.74, 6) is 0.827. The summed E-state index contributed by atoms with van der Waals surface area (Å²) in [4.78, 5) is 0. The first-order valence-electron chi connectivity index (χ1n) is 9.79. The van der Waals surface area contributed by atoms with Crippen molar-refractivity contribution in [3.05, 3.63) is 59.7 Å². The van der Waals surface area contributed by atoms with Crippen LogP contribution < -0.4 is 20.1 Å². The molecule has 0 saturated carbocycles. The van der Waals surface area contributed by atoms with Gasteiger partial charge in [-0.3, -0.25) is 0 Å². The molecule has 28 heavy (non-hydrogen) atoms. The Hall–Kier alpha value is -2.18. The van der Waals surface area contributed by atoms with Gasteiger partial charge in [0.15, 0.2) is 0 Å². The third kappa shape index (κ3) is 5.66. The third-order valence-corrected chi connectivity index (χ3v) is 4.79. The second-order valence-electron chi connectivity index (χ2n) is 7.29. The van der Waals surface area contributed by atoms with Crippen LogP contribution in [0.15, 0.2) is 48.5 Å². The smallest absolute Gasteiger partial charge is 0.387 e. The molecule has 2 N–H and O–H groups in total. The lowest BCUT2D eigenvalue weighted by atomic mass is 9.92. The second kappa shape index (κ2) is 9.85. The van der Waals surface area contributed by atoms with Gasteiger partial charge in [-0.2, -0.15) is 8.78 Å². The first-order valence-corrected chi connectivity index (χ1v) is 9.79. The topological polar surface area (TPSA) is 42.5 Å². The number of rotatable bonds is 8. The van der Waals surface area contributed by atoms with Crippen LogP contribution in [0.25, 0.3) is 0 Å². The fourth-order valence-corrected chi connectivity index (χ4v) is 3.60. The Morgan fingerprint density at radius 3 is 2.61 bits per heavy atom. The number of benzene rings is 2. The normalized spacial score (nSPS) is 19.8. The van der Waals surface area contributed by atoms with E-state index in [0.717, 1.165) is 24.9 Å². The number of halogens is 2. The summed E-state index contributed by atoms with van der Waals surface area (Å²) in [6.45, 7) is 2.53. The minimum absolute atomic E-state index is 0.00553. The molecule has 0 unspecified atom stereocenters. The van der Waals surface area contributed by atoms with Crippen molar-refractivity contribution < 1.29 is 18.3 Å². The zero-order valence-corrected chi connectivity index (χ0v) is 16.3. The zero-order valence-electron chi connectivity index (χ0n) is 16.3. The number of alkyl halides is 2. The number of hydrogen-bond acceptors (Lipinski definition) is 4. The number of piperidine rings is 1. The maximum atomic E-state index is 12.6. The number of hydrogen-bond donors (Lipinski definition) is 2. The van der Waals surface area contributed by atoms with E-state index in [4.69, 9.17) is 4.74 Å². The molecule has 1 heterocycles. The summed E-state index contributed by atoms with van der Waals surface area (Å²) in [6, 6.07) is 15.6. The average molecular weight is 390 g/mol. The Morgan fingerprint density at radius 1 is 1.11 bits per heavy atom. The molecule has 1 saturated heterocycles. The molecular weight excluding hydrogens is 362 g/mol. The van der Waals surface area contributed by atoms with Crippen molar-refractivity contribution in [3.8, 4) is 11.5 Å². The highest BCUT2D eigenvalue weighted by Gasteiger charge is 2.26. The Morgan fingerprint density at radius 2 is 1.89 bits per heavy atom. The van der Waals surface area contributed by atoms with E-state index in [1.807, 2.05) is 32.0 Å². The molecule has 152 valence electrons. The van der Waals surface area contributed by atoms with E-state index in [0.29, 0.717) is 12.3 Å². The fourth-order valence-electron chi connectivity index (χ4n) is 3.60. The van der Waals surface area contributed by atoms with Crippen molar-refractivity contribution >= 4 is 0 Å². The van der Waals surface area contributed by atoms with E-state index in [1.165, 1.54) is 11.6 Å². The van der Waals surface area contributed by atoms with Gasteiger partial charge in [-0.25, -0.2) is 0 Å². The van der Waals surface area contributed by atoms with Gasteiger partial charge in [0.2, 0.25) is 0 Å². The Kier molecular flexibility index (Phi) is 7.23. The van der Waals surface area contributed by atoms with Crippen molar-refractivity contribution in [1.29, 1.82) is 0 Å². The van der Waals surface area contributed by atoms with E-state index in [1.54, 1.807) is 12.1 Å². The highest BCUT2D eigenvalue weighted by Crippen LogP contribution is 2.28. The van der Waals surface area contributed by atoms with Gasteiger partial charge in [-0.15, -0.1) is 0 Å². The molecule has 1 fully saturated rings. The summed E-state index contributed by atoms with van der Waals surface area (Å²) in [5, 5.41) is 7.18. The van der Waals surface area contributed by atoms with Crippen LogP contribution in [0.5, 0.6) is 11.5 Å². The molecule has 0 amide bonds. The lowest BCUT2D eigenvalue weighted by Gasteiger charge is -2.34. The van der Waals surface area contributed by atoms with Crippen molar-refractivity contribution in [3.63, 3.8) is 0 Å². The molecule has 3 rings (SSSR count). The largest absolute Gasteiger partial charge is 0.491 e. The molecule has 2 aromatic carbocycles. The molecule has 0 aromatic heterocycles. The average Bonchev–Trinajstić information content (AvgIpc) is 2.68. The van der Waals surface area contributed by atoms with Gasteiger partial charge in [0.25, 0.3) is 0 Å². The molecule has 1 aliphatic heterocycles. The minimum atomic E-state index is -2.84. The summed E-state index contributed by atoms with van der Waals surface area (Å²) in [5.41, 5.74) is 2.05. The van der Waals surface area contributed by atoms with E-state index in [2.05, 4.69) is 27.5 Å². The van der Waals surface area contributed by atoms with Crippen molar-refractivity contribution in [2.24, 2.45) is 0 Å². The van der Waals surface area contributed by atoms with E-state index in [9.17, 15) is 8.78 Å². The highest BCUT2D eigenvalue weighted by molar-refractivity contribution is 5.40. The summed E-state index contributed by atoms with van der Waals surface area (Å²) >= 11 is 0. The Bertz CT molecular complexity index is 741. The molecule has 6 heteroatoms. The maximum absolute atomic E-state index is 12.6. The third-order valence-electron chi connectivity index (χ3n) is 4.79. The van der Waals surface area contributed by atoms with Crippen LogP contribution in [0.3, 0.4) is 0 Å². The minimum Gasteiger partial charge on any atom is -0.491 e. The quantitative estimate of drug-likeness (QED) is 0.688. The van der Waals surface area contributed by atoms with Crippen LogP contribution in [-0.2, 0) is 6.54 Å². The van der Waals surface area contributed by atoms with Crippen LogP contribution in [0.4, 0.5) is 8.78 Å². The number of ether oxygens (including phenoxy) is 2. The maximum Gasteiger partial charge on any atom is 0.387 e. The molecule has 0 spiro atoms. The van der Waals surface area contributed by atoms with E-state index >= 15 is 0 Å². The summed E-state index contributed by atoms with van der Waals surface area (Å²) in [7, 11) is 0. The predicted octanol–water partition coefficient (Wildman–Crippen LogP) is 4.66. The van der Waals surface area contributed by atoms with E-state index in [-0.39, 0.29) is 23.9 Å². The molecule has 2 aromatic rings. The summed E-state index contributed by atoms with van der Waals surface area (Å²) < 4.78 is 35.6. The van der Waals surface area contributed by atoms with Gasteiger partial charge in [-0.05, 0) is 57.0 Å². The highest BCUT2D eigenvalue weighted by atomic mass is 19.3. The first kappa shape index (κ1) is 20.6. The molecule has 1 aliphatic rings. The standard InChI is InChI=1S/C22H28F2N2O2/c1-15(2)27-20-11-10-18(28-22(23)24)13-17(20)14-26-19-9-6-12-25-21(19)16-7-4-3-5-8-16/h3-5,7-8,10-11,13,15,19,21-22,25-26H,6,9,12,14H2,1-2H3/t19-,21-/m0/s1. The van der Waals surface area contributed by atoms with Crippen LogP contribution in [0, 0.1) is 0 Å². The van der Waals surface area contributed by atoms with Crippen molar-refractivity contribution in [2.75, 3.05) is 6.54 Å². The molecule has 0 bridgehead atoms. The van der Waals surface area contributed by atoms with Crippen LogP contribution in [0.1, 0.15) is 43.9 Å². The van der Waals surface area contributed by atoms with Gasteiger partial charge < -0.3 is 20.1 Å². The van der Waals surface area contributed by atoms with Crippen LogP contribution in [0.2, 0.25) is 0 Å². The lowest BCUT2D eigenvalue weighted by molar-refractivity contribution is -0.0499.